The first kappa shape index (κ1) is 14.5. The molecule has 0 fully saturated rings. The van der Waals surface area contributed by atoms with Crippen LogP contribution >= 0.6 is 11.8 Å². The average molecular weight is 299 g/mol. The Morgan fingerprint density at radius 1 is 1.29 bits per heavy atom. The number of nitrogens with two attached hydrogens (primary N) is 1. The van der Waals surface area contributed by atoms with Crippen molar-refractivity contribution in [2.75, 3.05) is 6.61 Å². The number of rotatable bonds is 4. The third-order valence-electron chi connectivity index (χ3n) is 3.79. The van der Waals surface area contributed by atoms with E-state index in [2.05, 4.69) is 43.3 Å². The largest absolute Gasteiger partial charge is 0.492 e. The third kappa shape index (κ3) is 3.25. The molecular formula is C18H21NOS. The number of fused-ring (bicyclic) bond motifs is 1. The standard InChI is InChI=1S/C18H21NOS/c1-12-7-8-17(16(9-12)13(2)19)20-11-15-10-14-5-3-4-6-18(14)21-15/h3-9,13,15H,10-11,19H2,1-2H3. The van der Waals surface area contributed by atoms with Gasteiger partial charge in [-0.05, 0) is 38.0 Å². The number of hydrogen-bond acceptors (Lipinski definition) is 3. The van der Waals surface area contributed by atoms with E-state index < -0.39 is 0 Å². The summed E-state index contributed by atoms with van der Waals surface area (Å²) in [6.07, 6.45) is 1.08. The van der Waals surface area contributed by atoms with Crippen molar-refractivity contribution in [2.24, 2.45) is 5.73 Å². The summed E-state index contributed by atoms with van der Waals surface area (Å²) in [5.41, 5.74) is 9.80. The van der Waals surface area contributed by atoms with Gasteiger partial charge in [0.2, 0.25) is 0 Å². The highest BCUT2D eigenvalue weighted by molar-refractivity contribution is 8.00. The number of thioether (sulfide) groups is 1. The maximum Gasteiger partial charge on any atom is 0.124 e. The van der Waals surface area contributed by atoms with Gasteiger partial charge in [0.1, 0.15) is 12.4 Å². The molecule has 0 radical (unpaired) electrons. The minimum absolute atomic E-state index is 0.00618. The van der Waals surface area contributed by atoms with E-state index in [1.165, 1.54) is 16.0 Å². The molecule has 0 amide bonds. The molecule has 1 heterocycles. The second-order valence-electron chi connectivity index (χ2n) is 5.69. The summed E-state index contributed by atoms with van der Waals surface area (Å²) in [6.45, 7) is 4.81. The molecule has 2 aromatic rings. The van der Waals surface area contributed by atoms with Crippen LogP contribution in [0.15, 0.2) is 47.4 Å². The van der Waals surface area contributed by atoms with Crippen LogP contribution in [0, 0.1) is 6.92 Å². The maximum atomic E-state index is 6.07. The molecule has 0 aliphatic carbocycles. The summed E-state index contributed by atoms with van der Waals surface area (Å²) >= 11 is 1.92. The Hall–Kier alpha value is -1.45. The predicted octanol–water partition coefficient (Wildman–Crippen LogP) is 4.11. The highest BCUT2D eigenvalue weighted by Crippen LogP contribution is 2.37. The highest BCUT2D eigenvalue weighted by Gasteiger charge is 2.22. The molecule has 0 aromatic heterocycles. The zero-order valence-corrected chi connectivity index (χ0v) is 13.3. The van der Waals surface area contributed by atoms with Crippen LogP contribution in [0.5, 0.6) is 5.75 Å². The molecule has 2 atom stereocenters. The summed E-state index contributed by atoms with van der Waals surface area (Å²) in [7, 11) is 0. The molecule has 0 saturated heterocycles. The molecule has 0 spiro atoms. The number of ether oxygens (including phenoxy) is 1. The normalized spacial score (nSPS) is 18.3. The molecule has 0 bridgehead atoms. The van der Waals surface area contributed by atoms with Crippen molar-refractivity contribution in [1.29, 1.82) is 0 Å². The summed E-state index contributed by atoms with van der Waals surface area (Å²) in [4.78, 5) is 1.39. The number of aryl methyl sites for hydroxylation is 1. The lowest BCUT2D eigenvalue weighted by Crippen LogP contribution is -2.15. The predicted molar refractivity (Wildman–Crippen MR) is 89.1 cm³/mol. The molecule has 21 heavy (non-hydrogen) atoms. The van der Waals surface area contributed by atoms with Crippen LogP contribution in [-0.2, 0) is 6.42 Å². The quantitative estimate of drug-likeness (QED) is 0.922. The second kappa shape index (κ2) is 6.12. The SMILES string of the molecule is Cc1ccc(OCC2Cc3ccccc3S2)c(C(C)N)c1. The van der Waals surface area contributed by atoms with Crippen molar-refractivity contribution in [3.05, 3.63) is 59.2 Å². The molecule has 1 aliphatic rings. The van der Waals surface area contributed by atoms with Crippen molar-refractivity contribution in [2.45, 2.75) is 36.5 Å². The van der Waals surface area contributed by atoms with Gasteiger partial charge in [-0.1, -0.05) is 35.9 Å². The lowest BCUT2D eigenvalue weighted by atomic mass is 10.1. The van der Waals surface area contributed by atoms with Gasteiger partial charge in [0.05, 0.1) is 0 Å². The molecule has 1 aliphatic heterocycles. The number of benzene rings is 2. The lowest BCUT2D eigenvalue weighted by Gasteiger charge is -2.17. The molecule has 3 rings (SSSR count). The molecule has 3 heteroatoms. The Balaban J connectivity index is 1.67. The van der Waals surface area contributed by atoms with Gasteiger partial charge in [-0.2, -0.15) is 0 Å². The summed E-state index contributed by atoms with van der Waals surface area (Å²) in [5.74, 6) is 0.923. The van der Waals surface area contributed by atoms with E-state index >= 15 is 0 Å². The Bertz CT molecular complexity index is 614. The zero-order chi connectivity index (χ0) is 14.8. The van der Waals surface area contributed by atoms with Crippen LogP contribution in [0.4, 0.5) is 0 Å². The van der Waals surface area contributed by atoms with Crippen molar-refractivity contribution >= 4 is 11.8 Å². The lowest BCUT2D eigenvalue weighted by molar-refractivity contribution is 0.313. The number of hydrogen-bond donors (Lipinski definition) is 1. The van der Waals surface area contributed by atoms with E-state index in [1.54, 1.807) is 0 Å². The average Bonchev–Trinajstić information content (AvgIpc) is 2.88. The van der Waals surface area contributed by atoms with Crippen molar-refractivity contribution < 1.29 is 4.74 Å². The monoisotopic (exact) mass is 299 g/mol. The third-order valence-corrected chi connectivity index (χ3v) is 5.08. The fourth-order valence-corrected chi connectivity index (χ4v) is 3.90. The highest BCUT2D eigenvalue weighted by atomic mass is 32.2. The molecular weight excluding hydrogens is 278 g/mol. The van der Waals surface area contributed by atoms with Crippen LogP contribution < -0.4 is 10.5 Å². The summed E-state index contributed by atoms with van der Waals surface area (Å²) in [5, 5.41) is 0.490. The molecule has 2 nitrogen and oxygen atoms in total. The summed E-state index contributed by atoms with van der Waals surface area (Å²) in [6, 6.07) is 14.9. The smallest absolute Gasteiger partial charge is 0.124 e. The van der Waals surface area contributed by atoms with Crippen molar-refractivity contribution in [3.63, 3.8) is 0 Å². The van der Waals surface area contributed by atoms with E-state index in [4.69, 9.17) is 10.5 Å². The first-order valence-electron chi connectivity index (χ1n) is 7.37. The van der Waals surface area contributed by atoms with E-state index in [9.17, 15) is 0 Å². The second-order valence-corrected chi connectivity index (χ2v) is 7.03. The Morgan fingerprint density at radius 2 is 2.10 bits per heavy atom. The van der Waals surface area contributed by atoms with Gasteiger partial charge >= 0.3 is 0 Å². The Labute approximate surface area is 130 Å². The fraction of sp³-hybridized carbons (Fsp3) is 0.333. The van der Waals surface area contributed by atoms with Crippen LogP contribution in [-0.4, -0.2) is 11.9 Å². The topological polar surface area (TPSA) is 35.2 Å². The van der Waals surface area contributed by atoms with Gasteiger partial charge in [0, 0.05) is 21.8 Å². The van der Waals surface area contributed by atoms with Gasteiger partial charge in [-0.15, -0.1) is 11.8 Å². The molecule has 2 aromatic carbocycles. The van der Waals surface area contributed by atoms with E-state index in [0.29, 0.717) is 5.25 Å². The molecule has 110 valence electrons. The first-order chi connectivity index (χ1) is 10.1. The van der Waals surface area contributed by atoms with E-state index in [0.717, 1.165) is 24.3 Å². The van der Waals surface area contributed by atoms with Gasteiger partial charge < -0.3 is 10.5 Å². The minimum Gasteiger partial charge on any atom is -0.492 e. The van der Waals surface area contributed by atoms with Gasteiger partial charge in [0.25, 0.3) is 0 Å². The van der Waals surface area contributed by atoms with Crippen LogP contribution in [0.3, 0.4) is 0 Å². The van der Waals surface area contributed by atoms with Gasteiger partial charge in [-0.25, -0.2) is 0 Å². The van der Waals surface area contributed by atoms with Crippen molar-refractivity contribution in [1.82, 2.24) is 0 Å². The summed E-state index contributed by atoms with van der Waals surface area (Å²) < 4.78 is 6.07. The Morgan fingerprint density at radius 3 is 2.86 bits per heavy atom. The van der Waals surface area contributed by atoms with E-state index in [-0.39, 0.29) is 6.04 Å². The van der Waals surface area contributed by atoms with Crippen LogP contribution in [0.2, 0.25) is 0 Å². The van der Waals surface area contributed by atoms with Crippen LogP contribution in [0.25, 0.3) is 0 Å². The Kier molecular flexibility index (Phi) is 4.22. The maximum absolute atomic E-state index is 6.07. The van der Waals surface area contributed by atoms with Crippen molar-refractivity contribution in [3.8, 4) is 5.75 Å². The molecule has 2 N–H and O–H groups in total. The zero-order valence-electron chi connectivity index (χ0n) is 12.5. The van der Waals surface area contributed by atoms with Gasteiger partial charge in [0.15, 0.2) is 0 Å². The fourth-order valence-electron chi connectivity index (χ4n) is 2.68. The molecule has 2 unspecified atom stereocenters. The minimum atomic E-state index is -0.00618. The van der Waals surface area contributed by atoms with E-state index in [1.807, 2.05) is 24.8 Å². The van der Waals surface area contributed by atoms with Crippen LogP contribution in [0.1, 0.15) is 29.7 Å². The first-order valence-corrected chi connectivity index (χ1v) is 8.25. The van der Waals surface area contributed by atoms with Gasteiger partial charge in [-0.3, -0.25) is 0 Å². The molecule has 0 saturated carbocycles.